The van der Waals surface area contributed by atoms with Gasteiger partial charge in [-0.1, -0.05) is 18.2 Å². The largest absolute Gasteiger partial charge is 0.237 e. The molecule has 0 spiro atoms. The summed E-state index contributed by atoms with van der Waals surface area (Å²) in [7, 11) is 0. The highest BCUT2D eigenvalue weighted by Crippen LogP contribution is 2.13. The second-order valence-electron chi connectivity index (χ2n) is 1.84. The maximum absolute atomic E-state index is 11.6. The van der Waals surface area contributed by atoms with E-state index in [9.17, 15) is 8.60 Å². The van der Waals surface area contributed by atoms with E-state index in [-0.39, 0.29) is 0 Å². The first kappa shape index (κ1) is 9.70. The lowest BCUT2D eigenvalue weighted by molar-refractivity contribution is 0.569. The summed E-state index contributed by atoms with van der Waals surface area (Å²) in [5.41, 5.74) is 0. The molecule has 66 valence electrons. The Morgan fingerprint density at radius 3 is 2.67 bits per heavy atom. The summed E-state index contributed by atoms with van der Waals surface area (Å²) >= 11 is -1.02. The third-order valence-electron chi connectivity index (χ3n) is 1.09. The second kappa shape index (κ2) is 5.29. The van der Waals surface area contributed by atoms with Crippen molar-refractivity contribution in [2.75, 3.05) is 6.01 Å². The Labute approximate surface area is 77.0 Å². The number of hydrogen-bond donors (Lipinski definition) is 0. The van der Waals surface area contributed by atoms with Crippen molar-refractivity contribution in [3.63, 3.8) is 0 Å². The summed E-state index contributed by atoms with van der Waals surface area (Å²) in [5.74, 6) is 0. The molecule has 1 unspecified atom stereocenters. The normalized spacial score (nSPS) is 12.8. The first-order valence-electron chi connectivity index (χ1n) is 3.17. The summed E-state index contributed by atoms with van der Waals surface area (Å²) < 4.78 is 27.3. The first-order valence-corrected chi connectivity index (χ1v) is 5.16. The molecule has 0 aliphatic carbocycles. The van der Waals surface area contributed by atoms with Gasteiger partial charge in [-0.25, -0.2) is 12.2 Å². The van der Waals surface area contributed by atoms with Crippen LogP contribution in [0.1, 0.15) is 0 Å². The highest BCUT2D eigenvalue weighted by atomic mass is 32.3. The van der Waals surface area contributed by atoms with Crippen molar-refractivity contribution >= 4 is 23.1 Å². The van der Waals surface area contributed by atoms with Gasteiger partial charge in [0.1, 0.15) is 0 Å². The van der Waals surface area contributed by atoms with Crippen LogP contribution >= 0.6 is 12.0 Å². The molecule has 0 aromatic heterocycles. The zero-order chi connectivity index (χ0) is 8.81. The Bertz CT molecular complexity index is 253. The van der Waals surface area contributed by atoms with E-state index in [1.165, 1.54) is 0 Å². The van der Waals surface area contributed by atoms with Crippen molar-refractivity contribution in [1.29, 1.82) is 0 Å². The zero-order valence-corrected chi connectivity index (χ0v) is 7.74. The van der Waals surface area contributed by atoms with Gasteiger partial charge in [-0.05, 0) is 12.1 Å². The van der Waals surface area contributed by atoms with Crippen LogP contribution < -0.4 is 0 Å². The third-order valence-corrected chi connectivity index (χ3v) is 2.72. The van der Waals surface area contributed by atoms with Crippen molar-refractivity contribution in [3.05, 3.63) is 30.3 Å². The summed E-state index contributed by atoms with van der Waals surface area (Å²) in [5, 5.41) is 0. The van der Waals surface area contributed by atoms with Crippen molar-refractivity contribution in [2.45, 2.75) is 4.90 Å². The Kier molecular flexibility index (Phi) is 4.27. The van der Waals surface area contributed by atoms with Crippen LogP contribution in [0.4, 0.5) is 4.39 Å². The van der Waals surface area contributed by atoms with Gasteiger partial charge in [-0.2, -0.15) is 0 Å². The van der Waals surface area contributed by atoms with Crippen molar-refractivity contribution in [3.8, 4) is 0 Å². The van der Waals surface area contributed by atoms with E-state index < -0.39 is 17.1 Å². The maximum Gasteiger partial charge on any atom is 0.200 e. The molecular formula is C7H7FO2S2. The van der Waals surface area contributed by atoms with Gasteiger partial charge >= 0.3 is 0 Å². The van der Waals surface area contributed by atoms with E-state index in [4.69, 9.17) is 0 Å². The first-order chi connectivity index (χ1) is 5.84. The fourth-order valence-corrected chi connectivity index (χ4v) is 1.82. The van der Waals surface area contributed by atoms with E-state index in [0.717, 1.165) is 0 Å². The van der Waals surface area contributed by atoms with E-state index in [2.05, 4.69) is 3.63 Å². The molecule has 0 bridgehead atoms. The Morgan fingerprint density at radius 2 is 2.08 bits per heavy atom. The molecular weight excluding hydrogens is 199 g/mol. The standard InChI is InChI=1S/C7H7FO2S2/c8-6-11-10-12(9)7-4-2-1-3-5-7/h1-5H,6H2. The van der Waals surface area contributed by atoms with Gasteiger partial charge in [0.15, 0.2) is 6.01 Å². The van der Waals surface area contributed by atoms with Crippen LogP contribution in [-0.4, -0.2) is 10.2 Å². The molecule has 0 aliphatic heterocycles. The molecule has 0 fully saturated rings. The van der Waals surface area contributed by atoms with Crippen molar-refractivity contribution in [1.82, 2.24) is 0 Å². The van der Waals surface area contributed by atoms with Crippen LogP contribution in [0.3, 0.4) is 0 Å². The van der Waals surface area contributed by atoms with E-state index in [1.54, 1.807) is 24.3 Å². The SMILES string of the molecule is O=S(OSCF)c1ccccc1. The lowest BCUT2D eigenvalue weighted by Crippen LogP contribution is -1.90. The number of halogens is 1. The molecule has 1 aromatic carbocycles. The molecule has 1 rings (SSSR count). The lowest BCUT2D eigenvalue weighted by Gasteiger charge is -1.97. The molecule has 0 aliphatic rings. The van der Waals surface area contributed by atoms with Gasteiger partial charge in [0.05, 0.1) is 4.90 Å². The predicted molar refractivity (Wildman–Crippen MR) is 47.5 cm³/mol. The molecule has 1 aromatic rings. The van der Waals surface area contributed by atoms with Crippen molar-refractivity contribution < 1.29 is 12.2 Å². The molecule has 0 saturated heterocycles. The molecule has 0 heterocycles. The van der Waals surface area contributed by atoms with Gasteiger partial charge < -0.3 is 0 Å². The highest BCUT2D eigenvalue weighted by Gasteiger charge is 2.02. The number of alkyl halides is 1. The monoisotopic (exact) mass is 206 g/mol. The zero-order valence-electron chi connectivity index (χ0n) is 6.10. The van der Waals surface area contributed by atoms with Crippen molar-refractivity contribution in [2.24, 2.45) is 0 Å². The molecule has 1 atom stereocenters. The van der Waals surface area contributed by atoms with Crippen LogP contribution in [0.5, 0.6) is 0 Å². The second-order valence-corrected chi connectivity index (χ2v) is 3.78. The molecule has 0 saturated carbocycles. The van der Waals surface area contributed by atoms with E-state index in [1.807, 2.05) is 6.07 Å². The van der Waals surface area contributed by atoms with Crippen LogP contribution in [0.25, 0.3) is 0 Å². The average molecular weight is 206 g/mol. The average Bonchev–Trinajstić information content (AvgIpc) is 2.15. The van der Waals surface area contributed by atoms with Crippen LogP contribution in [-0.2, 0) is 14.7 Å². The quantitative estimate of drug-likeness (QED) is 0.707. The van der Waals surface area contributed by atoms with Gasteiger partial charge in [-0.3, -0.25) is 0 Å². The van der Waals surface area contributed by atoms with Gasteiger partial charge in [0, 0.05) is 12.0 Å². The summed E-state index contributed by atoms with van der Waals surface area (Å²) in [4.78, 5) is 0.540. The van der Waals surface area contributed by atoms with Gasteiger partial charge in [0.25, 0.3) is 0 Å². The van der Waals surface area contributed by atoms with Gasteiger partial charge in [-0.15, -0.1) is 0 Å². The number of rotatable bonds is 4. The number of hydrogen-bond acceptors (Lipinski definition) is 3. The van der Waals surface area contributed by atoms with Crippen LogP contribution in [0.15, 0.2) is 35.2 Å². The smallest absolute Gasteiger partial charge is 0.200 e. The minimum Gasteiger partial charge on any atom is -0.237 e. The fourth-order valence-electron chi connectivity index (χ4n) is 0.633. The lowest BCUT2D eigenvalue weighted by atomic mass is 10.4. The van der Waals surface area contributed by atoms with Crippen LogP contribution in [0, 0.1) is 0 Å². The Morgan fingerprint density at radius 1 is 1.42 bits per heavy atom. The topological polar surface area (TPSA) is 26.3 Å². The molecule has 2 nitrogen and oxygen atoms in total. The minimum absolute atomic E-state index is 0.540. The molecule has 0 amide bonds. The van der Waals surface area contributed by atoms with E-state index >= 15 is 0 Å². The molecule has 12 heavy (non-hydrogen) atoms. The predicted octanol–water partition coefficient (Wildman–Crippen LogP) is 2.30. The van der Waals surface area contributed by atoms with Gasteiger partial charge in [0.2, 0.25) is 11.1 Å². The molecule has 0 N–H and O–H groups in total. The number of benzene rings is 1. The summed E-state index contributed by atoms with van der Waals surface area (Å²) in [6, 6.07) is 7.93. The summed E-state index contributed by atoms with van der Waals surface area (Å²) in [6.45, 7) is 0. The molecule has 0 radical (unpaired) electrons. The van der Waals surface area contributed by atoms with Crippen LogP contribution in [0.2, 0.25) is 0 Å². The minimum atomic E-state index is -1.56. The molecule has 5 heteroatoms. The maximum atomic E-state index is 11.6. The Balaban J connectivity index is 2.54. The summed E-state index contributed by atoms with van der Waals surface area (Å²) in [6.07, 6.45) is 0. The Hall–Kier alpha value is -0.390. The van der Waals surface area contributed by atoms with E-state index in [0.29, 0.717) is 16.9 Å². The fraction of sp³-hybridized carbons (Fsp3) is 0.143. The highest BCUT2D eigenvalue weighted by molar-refractivity contribution is 8.02. The third kappa shape index (κ3) is 2.92.